The van der Waals surface area contributed by atoms with Crippen molar-refractivity contribution in [3.63, 3.8) is 0 Å². The van der Waals surface area contributed by atoms with Gasteiger partial charge in [0.1, 0.15) is 0 Å². The third-order valence-electron chi connectivity index (χ3n) is 4.28. The molecule has 4 nitrogen and oxygen atoms in total. The van der Waals surface area contributed by atoms with E-state index in [0.29, 0.717) is 25.8 Å². The minimum Gasteiger partial charge on any atom is -0.346 e. The zero-order valence-corrected chi connectivity index (χ0v) is 15.4. The maximum atomic E-state index is 11.9. The first kappa shape index (κ1) is 22.1. The summed E-state index contributed by atoms with van der Waals surface area (Å²) in [7, 11) is 0. The van der Waals surface area contributed by atoms with Crippen molar-refractivity contribution in [2.45, 2.75) is 103 Å². The molecule has 4 heteroatoms. The van der Waals surface area contributed by atoms with Crippen molar-refractivity contribution < 1.29 is 9.59 Å². The van der Waals surface area contributed by atoms with E-state index in [0.717, 1.165) is 19.3 Å². The van der Waals surface area contributed by atoms with Gasteiger partial charge in [0, 0.05) is 12.8 Å². The number of nitrogens with one attached hydrogen (secondary N) is 1. The zero-order valence-electron chi connectivity index (χ0n) is 15.4. The van der Waals surface area contributed by atoms with Gasteiger partial charge >= 0.3 is 0 Å². The van der Waals surface area contributed by atoms with Gasteiger partial charge in [0.15, 0.2) is 5.78 Å². The van der Waals surface area contributed by atoms with Gasteiger partial charge in [-0.2, -0.15) is 0 Å². The summed E-state index contributed by atoms with van der Waals surface area (Å²) in [6.07, 6.45) is 13.6. The molecular weight excluding hydrogens is 288 g/mol. The van der Waals surface area contributed by atoms with E-state index in [2.05, 4.69) is 12.2 Å². The summed E-state index contributed by atoms with van der Waals surface area (Å²) in [6.45, 7) is 4.63. The average molecular weight is 327 g/mol. The summed E-state index contributed by atoms with van der Waals surface area (Å²) in [5.41, 5.74) is 5.49. The van der Waals surface area contributed by atoms with Crippen LogP contribution in [0, 0.1) is 0 Å². The van der Waals surface area contributed by atoms with Crippen molar-refractivity contribution in [2.24, 2.45) is 5.73 Å². The number of hydrogen-bond acceptors (Lipinski definition) is 3. The van der Waals surface area contributed by atoms with Crippen molar-refractivity contribution in [3.05, 3.63) is 0 Å². The molecule has 0 bridgehead atoms. The Bertz CT molecular complexity index is 306. The van der Waals surface area contributed by atoms with E-state index in [1.54, 1.807) is 0 Å². The number of carbonyl (C=O) groups is 2. The number of carbonyl (C=O) groups excluding carboxylic acids is 2. The predicted molar refractivity (Wildman–Crippen MR) is 97.4 cm³/mol. The Kier molecular flexibility index (Phi) is 15.4. The summed E-state index contributed by atoms with van der Waals surface area (Å²) in [6, 6.07) is -0.338. The van der Waals surface area contributed by atoms with Crippen LogP contribution in [0.2, 0.25) is 0 Å². The zero-order chi connectivity index (χ0) is 17.3. The first-order chi connectivity index (χ1) is 11.2. The van der Waals surface area contributed by atoms with Crippen LogP contribution < -0.4 is 11.1 Å². The molecule has 0 aliphatic carbocycles. The molecule has 0 saturated heterocycles. The molecule has 0 heterocycles. The molecule has 0 aromatic heterocycles. The van der Waals surface area contributed by atoms with Gasteiger partial charge in [0.2, 0.25) is 5.91 Å². The number of unbranched alkanes of at least 4 members (excludes halogenated alkanes) is 8. The maximum Gasteiger partial charge on any atom is 0.220 e. The Morgan fingerprint density at radius 2 is 1.43 bits per heavy atom. The smallest absolute Gasteiger partial charge is 0.220 e. The van der Waals surface area contributed by atoms with Crippen molar-refractivity contribution in [1.82, 2.24) is 5.32 Å². The normalized spacial score (nSPS) is 12.1. The minimum absolute atomic E-state index is 0.0109. The quantitative estimate of drug-likeness (QED) is 0.419. The highest BCUT2D eigenvalue weighted by atomic mass is 16.2. The Balaban J connectivity index is 3.69. The molecule has 23 heavy (non-hydrogen) atoms. The minimum atomic E-state index is -0.338. The van der Waals surface area contributed by atoms with Gasteiger partial charge < -0.3 is 11.1 Å². The van der Waals surface area contributed by atoms with Crippen LogP contribution in [-0.2, 0) is 9.59 Å². The van der Waals surface area contributed by atoms with E-state index in [1.807, 2.05) is 6.92 Å². The van der Waals surface area contributed by atoms with Crippen LogP contribution in [0.4, 0.5) is 0 Å². The van der Waals surface area contributed by atoms with Crippen molar-refractivity contribution in [1.29, 1.82) is 0 Å². The van der Waals surface area contributed by atoms with Crippen LogP contribution in [0.25, 0.3) is 0 Å². The molecule has 0 aliphatic heterocycles. The molecule has 0 saturated carbocycles. The number of Topliss-reactive ketones (excluding diaryl/α,β-unsaturated/α-hetero) is 1. The first-order valence-electron chi connectivity index (χ1n) is 9.67. The van der Waals surface area contributed by atoms with Gasteiger partial charge in [0.25, 0.3) is 0 Å². The fourth-order valence-corrected chi connectivity index (χ4v) is 2.74. The molecule has 0 aromatic rings. The second-order valence-corrected chi connectivity index (χ2v) is 6.45. The van der Waals surface area contributed by atoms with E-state index >= 15 is 0 Å². The monoisotopic (exact) mass is 326 g/mol. The molecule has 136 valence electrons. The Labute approximate surface area is 143 Å². The van der Waals surface area contributed by atoms with Gasteiger partial charge in [0.05, 0.1) is 6.04 Å². The molecule has 0 aliphatic rings. The molecule has 3 N–H and O–H groups in total. The van der Waals surface area contributed by atoms with Crippen LogP contribution in [0.1, 0.15) is 97.3 Å². The van der Waals surface area contributed by atoms with Crippen molar-refractivity contribution in [3.8, 4) is 0 Å². The second kappa shape index (κ2) is 16.0. The highest BCUT2D eigenvalue weighted by molar-refractivity contribution is 5.88. The van der Waals surface area contributed by atoms with E-state index in [9.17, 15) is 9.59 Å². The van der Waals surface area contributed by atoms with Crippen LogP contribution in [-0.4, -0.2) is 24.3 Å². The second-order valence-electron chi connectivity index (χ2n) is 6.45. The Morgan fingerprint density at radius 1 is 0.870 bits per heavy atom. The maximum absolute atomic E-state index is 11.9. The fourth-order valence-electron chi connectivity index (χ4n) is 2.74. The summed E-state index contributed by atoms with van der Waals surface area (Å²) in [4.78, 5) is 23.8. The lowest BCUT2D eigenvalue weighted by molar-refractivity contribution is -0.127. The lowest BCUT2D eigenvalue weighted by atomic mass is 10.0. The SMILES string of the molecule is CCCCCCCCCCCC(=O)NC(CCCN)C(=O)CC. The number of nitrogens with two attached hydrogens (primary N) is 1. The lowest BCUT2D eigenvalue weighted by Gasteiger charge is -2.16. The van der Waals surface area contributed by atoms with E-state index < -0.39 is 0 Å². The van der Waals surface area contributed by atoms with Crippen LogP contribution in [0.3, 0.4) is 0 Å². The highest BCUT2D eigenvalue weighted by Crippen LogP contribution is 2.10. The van der Waals surface area contributed by atoms with Gasteiger partial charge in [-0.05, 0) is 25.8 Å². The van der Waals surface area contributed by atoms with Gasteiger partial charge in [-0.15, -0.1) is 0 Å². The molecule has 0 fully saturated rings. The molecule has 0 radical (unpaired) electrons. The van der Waals surface area contributed by atoms with Gasteiger partial charge in [-0.3, -0.25) is 9.59 Å². The predicted octanol–water partition coefficient (Wildman–Crippen LogP) is 4.11. The fraction of sp³-hybridized carbons (Fsp3) is 0.895. The summed E-state index contributed by atoms with van der Waals surface area (Å²) < 4.78 is 0. The van der Waals surface area contributed by atoms with Crippen molar-refractivity contribution >= 4 is 11.7 Å². The summed E-state index contributed by atoms with van der Waals surface area (Å²) in [5.74, 6) is 0.121. The van der Waals surface area contributed by atoms with Gasteiger partial charge in [-0.25, -0.2) is 0 Å². The third-order valence-corrected chi connectivity index (χ3v) is 4.28. The Hall–Kier alpha value is -0.900. The first-order valence-corrected chi connectivity index (χ1v) is 9.67. The molecule has 1 atom stereocenters. The van der Waals surface area contributed by atoms with E-state index in [-0.39, 0.29) is 17.7 Å². The molecule has 0 spiro atoms. The molecule has 0 aromatic carbocycles. The van der Waals surface area contributed by atoms with Crippen LogP contribution in [0.15, 0.2) is 0 Å². The van der Waals surface area contributed by atoms with Crippen LogP contribution >= 0.6 is 0 Å². The molecular formula is C19H38N2O2. The molecule has 1 amide bonds. The Morgan fingerprint density at radius 3 is 1.96 bits per heavy atom. The standard InChI is InChI=1S/C19H38N2O2/c1-3-5-6-7-8-9-10-11-12-15-19(23)21-17(14-13-16-20)18(22)4-2/h17H,3-16,20H2,1-2H3,(H,21,23). The lowest BCUT2D eigenvalue weighted by Crippen LogP contribution is -2.40. The van der Waals surface area contributed by atoms with Crippen LogP contribution in [0.5, 0.6) is 0 Å². The summed E-state index contributed by atoms with van der Waals surface area (Å²) in [5, 5.41) is 2.88. The number of hydrogen-bond donors (Lipinski definition) is 2. The number of amides is 1. The highest BCUT2D eigenvalue weighted by Gasteiger charge is 2.18. The topological polar surface area (TPSA) is 72.2 Å². The van der Waals surface area contributed by atoms with E-state index in [1.165, 1.54) is 44.9 Å². The van der Waals surface area contributed by atoms with Crippen molar-refractivity contribution in [2.75, 3.05) is 6.54 Å². The average Bonchev–Trinajstić information content (AvgIpc) is 2.56. The van der Waals surface area contributed by atoms with Gasteiger partial charge in [-0.1, -0.05) is 65.2 Å². The third kappa shape index (κ3) is 13.3. The summed E-state index contributed by atoms with van der Waals surface area (Å²) >= 11 is 0. The number of rotatable bonds is 16. The molecule has 0 rings (SSSR count). The molecule has 1 unspecified atom stereocenters. The largest absolute Gasteiger partial charge is 0.346 e. The number of ketones is 1. The van der Waals surface area contributed by atoms with E-state index in [4.69, 9.17) is 5.73 Å².